The van der Waals surface area contributed by atoms with Crippen molar-refractivity contribution in [1.29, 1.82) is 0 Å². The van der Waals surface area contributed by atoms with Gasteiger partial charge in [-0.15, -0.1) is 11.3 Å². The average Bonchev–Trinajstić information content (AvgIpc) is 3.28. The number of hydrogen-bond donors (Lipinski definition) is 1. The molecule has 0 radical (unpaired) electrons. The summed E-state index contributed by atoms with van der Waals surface area (Å²) in [5.74, 6) is 0.741. The third-order valence-electron chi connectivity index (χ3n) is 5.97. The van der Waals surface area contributed by atoms with Crippen molar-refractivity contribution in [2.75, 3.05) is 25.0 Å². The zero-order chi connectivity index (χ0) is 21.0. The van der Waals surface area contributed by atoms with Gasteiger partial charge in [-0.25, -0.2) is 4.98 Å². The summed E-state index contributed by atoms with van der Waals surface area (Å²) in [6.07, 6.45) is 6.07. The molecule has 0 atom stereocenters. The van der Waals surface area contributed by atoms with Crippen LogP contribution in [0, 0.1) is 5.92 Å². The van der Waals surface area contributed by atoms with Crippen LogP contribution >= 0.6 is 11.3 Å². The molecule has 0 amide bonds. The molecule has 0 saturated carbocycles. The van der Waals surface area contributed by atoms with Crippen LogP contribution in [0.1, 0.15) is 35.2 Å². The first-order valence-corrected chi connectivity index (χ1v) is 11.6. The van der Waals surface area contributed by atoms with Gasteiger partial charge in [-0.3, -0.25) is 19.7 Å². The second kappa shape index (κ2) is 9.08. The zero-order valence-electron chi connectivity index (χ0n) is 17.3. The Morgan fingerprint density at radius 3 is 2.81 bits per heavy atom. The molecule has 2 aromatic heterocycles. The van der Waals surface area contributed by atoms with Crippen molar-refractivity contribution < 1.29 is 4.79 Å². The predicted octanol–water partition coefficient (Wildman–Crippen LogP) is 4.82. The third kappa shape index (κ3) is 4.57. The van der Waals surface area contributed by atoms with Crippen LogP contribution in [0.5, 0.6) is 0 Å². The van der Waals surface area contributed by atoms with E-state index in [0.717, 1.165) is 37.0 Å². The minimum Gasteiger partial charge on any atom is -0.361 e. The molecular formula is C24H25N5OS. The van der Waals surface area contributed by atoms with Crippen molar-refractivity contribution in [2.45, 2.75) is 25.8 Å². The predicted molar refractivity (Wildman–Crippen MR) is 125 cm³/mol. The van der Waals surface area contributed by atoms with Crippen LogP contribution < -0.4 is 5.32 Å². The number of Topliss-reactive ketones (excluding diaryl/α,β-unsaturated/α-hetero) is 1. The van der Waals surface area contributed by atoms with E-state index in [-0.39, 0.29) is 5.78 Å². The highest BCUT2D eigenvalue weighted by Crippen LogP contribution is 2.35. The summed E-state index contributed by atoms with van der Waals surface area (Å²) >= 11 is 1.58. The Hall–Kier alpha value is -2.90. The van der Waals surface area contributed by atoms with Crippen LogP contribution in [-0.2, 0) is 6.54 Å². The fourth-order valence-corrected chi connectivity index (χ4v) is 4.92. The smallest absolute Gasteiger partial charge is 0.183 e. The number of nitrogens with zero attached hydrogens (tertiary/aromatic N) is 4. The second-order valence-corrected chi connectivity index (χ2v) is 8.98. The van der Waals surface area contributed by atoms with Gasteiger partial charge in [0.25, 0.3) is 0 Å². The Labute approximate surface area is 186 Å². The molecule has 1 aromatic carbocycles. The lowest BCUT2D eigenvalue weighted by Crippen LogP contribution is -2.35. The highest BCUT2D eigenvalue weighted by molar-refractivity contribution is 7.14. The molecule has 2 aliphatic heterocycles. The van der Waals surface area contributed by atoms with Crippen LogP contribution in [0.15, 0.2) is 53.0 Å². The normalized spacial score (nSPS) is 17.0. The number of thiazole rings is 1. The van der Waals surface area contributed by atoms with Gasteiger partial charge in [-0.1, -0.05) is 30.3 Å². The second-order valence-electron chi connectivity index (χ2n) is 8.12. The highest BCUT2D eigenvalue weighted by Gasteiger charge is 2.22. The molecule has 3 aromatic rings. The van der Waals surface area contributed by atoms with Gasteiger partial charge in [0, 0.05) is 42.9 Å². The molecule has 1 N–H and O–H groups in total. The van der Waals surface area contributed by atoms with Crippen molar-refractivity contribution in [3.8, 4) is 11.4 Å². The molecule has 158 valence electrons. The topological polar surface area (TPSA) is 70.5 Å². The summed E-state index contributed by atoms with van der Waals surface area (Å²) < 4.78 is 0. The number of aromatic nitrogens is 2. The van der Waals surface area contributed by atoms with E-state index in [4.69, 9.17) is 4.98 Å². The average molecular weight is 432 g/mol. The van der Waals surface area contributed by atoms with E-state index in [1.165, 1.54) is 18.4 Å². The number of carbonyl (C=O) groups excluding carboxylic acids is 1. The number of ketones is 1. The quantitative estimate of drug-likeness (QED) is 0.606. The lowest BCUT2D eigenvalue weighted by Gasteiger charge is -2.32. The maximum Gasteiger partial charge on any atom is 0.183 e. The number of pyridine rings is 1. The molecule has 4 heterocycles. The molecule has 1 fully saturated rings. The summed E-state index contributed by atoms with van der Waals surface area (Å²) in [4.78, 5) is 28.2. The summed E-state index contributed by atoms with van der Waals surface area (Å²) in [5, 5.41) is 6.40. The van der Waals surface area contributed by atoms with E-state index in [0.29, 0.717) is 29.3 Å². The first kappa shape index (κ1) is 20.0. The van der Waals surface area contributed by atoms with Gasteiger partial charge in [0.15, 0.2) is 10.9 Å². The van der Waals surface area contributed by atoms with Gasteiger partial charge in [-0.2, -0.15) is 0 Å². The lowest BCUT2D eigenvalue weighted by molar-refractivity contribution is 0.100. The van der Waals surface area contributed by atoms with E-state index in [1.807, 2.05) is 5.38 Å². The fraction of sp³-hybridized carbons (Fsp3) is 0.333. The Kier molecular flexibility index (Phi) is 5.86. The first-order chi connectivity index (χ1) is 15.3. The number of fused-ring (bicyclic) bond motifs is 1. The number of carbonyl (C=O) groups is 1. The fourth-order valence-electron chi connectivity index (χ4n) is 4.21. The van der Waals surface area contributed by atoms with Crippen molar-refractivity contribution in [2.24, 2.45) is 10.9 Å². The van der Waals surface area contributed by atoms with E-state index in [1.54, 1.807) is 29.8 Å². The van der Waals surface area contributed by atoms with Crippen molar-refractivity contribution >= 4 is 34.2 Å². The number of likely N-dealkylation sites (tertiary alicyclic amines) is 1. The first-order valence-electron chi connectivity index (χ1n) is 10.8. The maximum absolute atomic E-state index is 12.1. The number of benzene rings is 1. The van der Waals surface area contributed by atoms with E-state index < -0.39 is 0 Å². The minimum absolute atomic E-state index is 0.0841. The number of hydrogen-bond acceptors (Lipinski definition) is 7. The minimum atomic E-state index is 0.0841. The summed E-state index contributed by atoms with van der Waals surface area (Å²) in [5.41, 5.74) is 4.12. The summed E-state index contributed by atoms with van der Waals surface area (Å²) in [6, 6.07) is 12.4. The van der Waals surface area contributed by atoms with Crippen LogP contribution in [0.2, 0.25) is 0 Å². The highest BCUT2D eigenvalue weighted by atomic mass is 32.1. The molecule has 7 heteroatoms. The van der Waals surface area contributed by atoms with Crippen molar-refractivity contribution in [3.63, 3.8) is 0 Å². The number of rotatable bonds is 6. The summed E-state index contributed by atoms with van der Waals surface area (Å²) in [7, 11) is 0. The number of aliphatic imine (C=N–C) groups is 1. The molecule has 0 unspecified atom stereocenters. The molecule has 6 nitrogen and oxygen atoms in total. The Morgan fingerprint density at radius 2 is 1.97 bits per heavy atom. The number of anilines is 1. The van der Waals surface area contributed by atoms with Gasteiger partial charge >= 0.3 is 0 Å². The maximum atomic E-state index is 12.1. The Balaban J connectivity index is 1.16. The van der Waals surface area contributed by atoms with Crippen molar-refractivity contribution in [1.82, 2.24) is 14.9 Å². The molecule has 0 aliphatic carbocycles. The molecule has 1 saturated heterocycles. The van der Waals surface area contributed by atoms with Gasteiger partial charge in [0.1, 0.15) is 17.1 Å². The molecule has 0 spiro atoms. The lowest BCUT2D eigenvalue weighted by atomic mass is 9.96. The monoisotopic (exact) mass is 431 g/mol. The van der Waals surface area contributed by atoms with E-state index in [9.17, 15) is 4.79 Å². The SMILES string of the molecule is O=C1CC=Nc2c1ccnc2-c1csc(NCC2CCN(Cc3ccccc3)CC2)n1. The van der Waals surface area contributed by atoms with Crippen LogP contribution in [0.25, 0.3) is 11.4 Å². The Bertz CT molecular complexity index is 1090. The molecule has 31 heavy (non-hydrogen) atoms. The van der Waals surface area contributed by atoms with E-state index in [2.05, 4.69) is 50.5 Å². The third-order valence-corrected chi connectivity index (χ3v) is 6.77. The largest absolute Gasteiger partial charge is 0.361 e. The van der Waals surface area contributed by atoms with Crippen LogP contribution in [0.3, 0.4) is 0 Å². The number of piperidine rings is 1. The molecular weight excluding hydrogens is 406 g/mol. The van der Waals surface area contributed by atoms with Crippen molar-refractivity contribution in [3.05, 3.63) is 59.1 Å². The molecule has 2 aliphatic rings. The molecule has 0 bridgehead atoms. The van der Waals surface area contributed by atoms with Gasteiger partial charge < -0.3 is 5.32 Å². The van der Waals surface area contributed by atoms with Gasteiger partial charge in [0.2, 0.25) is 0 Å². The summed E-state index contributed by atoms with van der Waals surface area (Å²) in [6.45, 7) is 4.24. The Morgan fingerprint density at radius 1 is 1.13 bits per heavy atom. The van der Waals surface area contributed by atoms with Gasteiger partial charge in [0.05, 0.1) is 0 Å². The van der Waals surface area contributed by atoms with Gasteiger partial charge in [-0.05, 0) is 43.5 Å². The zero-order valence-corrected chi connectivity index (χ0v) is 18.1. The van der Waals surface area contributed by atoms with Crippen LogP contribution in [0.4, 0.5) is 10.8 Å². The standard InChI is InChI=1S/C24H25N5OS/c30-21-7-11-25-22-19(21)6-10-26-23(22)20-16-31-24(28-20)27-14-17-8-12-29(13-9-17)15-18-4-2-1-3-5-18/h1-6,10-11,16-17H,7-9,12-15H2,(H,27,28). The van der Waals surface area contributed by atoms with E-state index >= 15 is 0 Å². The number of nitrogens with one attached hydrogen (secondary N) is 1. The molecule has 5 rings (SSSR count). The van der Waals surface area contributed by atoms with Crippen LogP contribution in [-0.4, -0.2) is 46.5 Å².